The number of thiazole rings is 1. The van der Waals surface area contributed by atoms with Crippen molar-refractivity contribution >= 4 is 28.3 Å². The average molecular weight is 418 g/mol. The maximum absolute atomic E-state index is 13.4. The van der Waals surface area contributed by atoms with Crippen LogP contribution in [-0.4, -0.2) is 22.5 Å². The Morgan fingerprint density at radius 2 is 1.90 bits per heavy atom. The lowest BCUT2D eigenvalue weighted by atomic mass is 10.0. The van der Waals surface area contributed by atoms with Gasteiger partial charge in [-0.2, -0.15) is 5.10 Å². The van der Waals surface area contributed by atoms with Gasteiger partial charge in [0.2, 0.25) is 4.80 Å². The van der Waals surface area contributed by atoms with Crippen molar-refractivity contribution in [2.75, 3.05) is 6.54 Å². The molecule has 1 aromatic heterocycles. The van der Waals surface area contributed by atoms with Gasteiger partial charge in [0, 0.05) is 16.5 Å². The first-order chi connectivity index (χ1) is 14.5. The normalized spacial score (nSPS) is 12.1. The highest BCUT2D eigenvalue weighted by molar-refractivity contribution is 7.07. The minimum Gasteiger partial charge on any atom is -0.507 e. The number of phenols is 1. The fourth-order valence-corrected chi connectivity index (χ4v) is 3.91. The van der Waals surface area contributed by atoms with E-state index >= 15 is 0 Å². The Labute approximate surface area is 177 Å². The molecule has 0 saturated carbocycles. The predicted octanol–water partition coefficient (Wildman–Crippen LogP) is 5.57. The van der Waals surface area contributed by atoms with Crippen LogP contribution in [0.5, 0.6) is 5.75 Å². The van der Waals surface area contributed by atoms with Crippen molar-refractivity contribution in [2.45, 2.75) is 6.92 Å². The second-order valence-corrected chi connectivity index (χ2v) is 7.80. The van der Waals surface area contributed by atoms with Crippen molar-refractivity contribution in [3.8, 4) is 17.0 Å². The zero-order valence-electron chi connectivity index (χ0n) is 16.4. The molecule has 3 aromatic carbocycles. The van der Waals surface area contributed by atoms with E-state index in [1.165, 1.54) is 23.5 Å². The predicted molar refractivity (Wildman–Crippen MR) is 122 cm³/mol. The number of halogens is 1. The number of fused-ring (bicyclic) bond motifs is 1. The first kappa shape index (κ1) is 19.8. The SMILES string of the molecule is C=C(C)CN=c1scc(-c2ccc(F)cc2)n1N=Cc1c(O)ccc2ccccc12. The molecule has 0 aliphatic carbocycles. The summed E-state index contributed by atoms with van der Waals surface area (Å²) in [7, 11) is 0. The number of phenolic OH excluding ortho intramolecular Hbond substituents is 1. The Morgan fingerprint density at radius 1 is 1.13 bits per heavy atom. The number of aromatic hydroxyl groups is 1. The number of rotatable bonds is 5. The third-order valence-corrected chi connectivity index (χ3v) is 5.41. The summed E-state index contributed by atoms with van der Waals surface area (Å²) < 4.78 is 15.1. The monoisotopic (exact) mass is 417 g/mol. The average Bonchev–Trinajstić information content (AvgIpc) is 3.15. The van der Waals surface area contributed by atoms with Crippen LogP contribution in [0.1, 0.15) is 12.5 Å². The molecule has 0 amide bonds. The molecule has 1 heterocycles. The molecule has 0 spiro atoms. The first-order valence-electron chi connectivity index (χ1n) is 9.39. The van der Waals surface area contributed by atoms with Gasteiger partial charge in [0.05, 0.1) is 18.5 Å². The van der Waals surface area contributed by atoms with Gasteiger partial charge in [-0.15, -0.1) is 11.3 Å². The Balaban J connectivity index is 1.86. The number of hydrogen-bond acceptors (Lipinski definition) is 4. The van der Waals surface area contributed by atoms with E-state index in [9.17, 15) is 9.50 Å². The van der Waals surface area contributed by atoms with E-state index in [2.05, 4.69) is 16.7 Å². The van der Waals surface area contributed by atoms with Crippen molar-refractivity contribution < 1.29 is 9.50 Å². The summed E-state index contributed by atoms with van der Waals surface area (Å²) in [5.41, 5.74) is 3.18. The van der Waals surface area contributed by atoms with E-state index in [0.29, 0.717) is 16.9 Å². The summed E-state index contributed by atoms with van der Waals surface area (Å²) in [5, 5.41) is 18.9. The van der Waals surface area contributed by atoms with Crippen LogP contribution in [0.4, 0.5) is 4.39 Å². The van der Waals surface area contributed by atoms with Gasteiger partial charge in [-0.3, -0.25) is 4.99 Å². The van der Waals surface area contributed by atoms with Crippen molar-refractivity contribution in [1.82, 2.24) is 4.68 Å². The molecule has 0 atom stereocenters. The molecular formula is C24H20FN3OS. The first-order valence-corrected chi connectivity index (χ1v) is 10.3. The van der Waals surface area contributed by atoms with Crippen LogP contribution in [0.25, 0.3) is 22.0 Å². The zero-order valence-corrected chi connectivity index (χ0v) is 17.2. The fraction of sp³-hybridized carbons (Fsp3) is 0.0833. The lowest BCUT2D eigenvalue weighted by Crippen LogP contribution is -2.13. The summed E-state index contributed by atoms with van der Waals surface area (Å²) in [6, 6.07) is 17.6. The van der Waals surface area contributed by atoms with Crippen LogP contribution in [-0.2, 0) is 0 Å². The van der Waals surface area contributed by atoms with E-state index in [0.717, 1.165) is 27.6 Å². The maximum Gasteiger partial charge on any atom is 0.206 e. The Kier molecular flexibility index (Phi) is 5.59. The van der Waals surface area contributed by atoms with Gasteiger partial charge < -0.3 is 5.11 Å². The number of hydrogen-bond donors (Lipinski definition) is 1. The third-order valence-electron chi connectivity index (χ3n) is 4.56. The molecule has 4 nitrogen and oxygen atoms in total. The second-order valence-electron chi connectivity index (χ2n) is 6.96. The summed E-state index contributed by atoms with van der Waals surface area (Å²) >= 11 is 1.45. The van der Waals surface area contributed by atoms with Crippen LogP contribution >= 0.6 is 11.3 Å². The van der Waals surface area contributed by atoms with Crippen molar-refractivity contribution in [1.29, 1.82) is 0 Å². The van der Waals surface area contributed by atoms with Crippen molar-refractivity contribution in [3.05, 3.63) is 94.4 Å². The second kappa shape index (κ2) is 8.47. The minimum absolute atomic E-state index is 0.150. The Morgan fingerprint density at radius 3 is 2.67 bits per heavy atom. The van der Waals surface area contributed by atoms with E-state index in [1.54, 1.807) is 29.1 Å². The van der Waals surface area contributed by atoms with E-state index in [-0.39, 0.29) is 11.6 Å². The fourth-order valence-electron chi connectivity index (χ4n) is 3.08. The third kappa shape index (κ3) is 4.09. The quantitative estimate of drug-likeness (QED) is 0.335. The van der Waals surface area contributed by atoms with Crippen LogP contribution in [0.15, 0.2) is 88.3 Å². The van der Waals surface area contributed by atoms with Crippen molar-refractivity contribution in [3.63, 3.8) is 0 Å². The van der Waals surface area contributed by atoms with E-state index < -0.39 is 0 Å². The van der Waals surface area contributed by atoms with Gasteiger partial charge >= 0.3 is 0 Å². The molecule has 4 rings (SSSR count). The zero-order chi connectivity index (χ0) is 21.1. The number of nitrogens with zero attached hydrogens (tertiary/aromatic N) is 3. The molecule has 1 N–H and O–H groups in total. The highest BCUT2D eigenvalue weighted by Gasteiger charge is 2.09. The van der Waals surface area contributed by atoms with Gasteiger partial charge in [0.25, 0.3) is 0 Å². The molecule has 30 heavy (non-hydrogen) atoms. The smallest absolute Gasteiger partial charge is 0.206 e. The van der Waals surface area contributed by atoms with Crippen molar-refractivity contribution in [2.24, 2.45) is 10.1 Å². The molecule has 0 aliphatic heterocycles. The molecule has 0 unspecified atom stereocenters. The van der Waals surface area contributed by atoms with Crippen LogP contribution in [0.3, 0.4) is 0 Å². The molecule has 6 heteroatoms. The molecule has 0 radical (unpaired) electrons. The molecule has 0 fully saturated rings. The maximum atomic E-state index is 13.4. The van der Waals surface area contributed by atoms with Crippen LogP contribution in [0.2, 0.25) is 0 Å². The van der Waals surface area contributed by atoms with Gasteiger partial charge in [-0.05, 0) is 48.0 Å². The summed E-state index contributed by atoms with van der Waals surface area (Å²) in [4.78, 5) is 5.29. The molecule has 150 valence electrons. The van der Waals surface area contributed by atoms with Crippen LogP contribution in [0, 0.1) is 5.82 Å². The molecule has 0 aliphatic rings. The summed E-state index contributed by atoms with van der Waals surface area (Å²) in [5.74, 6) is -0.145. The number of benzene rings is 3. The van der Waals surface area contributed by atoms with Gasteiger partial charge in [-0.1, -0.05) is 42.5 Å². The van der Waals surface area contributed by atoms with Crippen LogP contribution < -0.4 is 4.80 Å². The van der Waals surface area contributed by atoms with E-state index in [4.69, 9.17) is 0 Å². The Bertz CT molecular complexity index is 1320. The summed E-state index contributed by atoms with van der Waals surface area (Å²) in [6.07, 6.45) is 1.64. The largest absolute Gasteiger partial charge is 0.507 e. The molecule has 0 bridgehead atoms. The van der Waals surface area contributed by atoms with Gasteiger partial charge in [0.1, 0.15) is 11.6 Å². The number of aromatic nitrogens is 1. The highest BCUT2D eigenvalue weighted by atomic mass is 32.1. The standard InChI is InChI=1S/C24H20FN3OS/c1-16(2)13-26-24-28(22(15-30-24)18-7-10-19(25)11-8-18)27-14-21-20-6-4-3-5-17(20)9-12-23(21)29/h3-12,14-15,29H,1,13H2,2H3. The molecule has 4 aromatic rings. The molecule has 0 saturated heterocycles. The van der Waals surface area contributed by atoms with E-state index in [1.807, 2.05) is 42.6 Å². The Hall–Kier alpha value is -3.51. The highest BCUT2D eigenvalue weighted by Crippen LogP contribution is 2.26. The topological polar surface area (TPSA) is 49.9 Å². The minimum atomic E-state index is -0.295. The molecular weight excluding hydrogens is 397 g/mol. The van der Waals surface area contributed by atoms with Gasteiger partial charge in [-0.25, -0.2) is 9.07 Å². The summed E-state index contributed by atoms with van der Waals surface area (Å²) in [6.45, 7) is 6.30. The van der Waals surface area contributed by atoms with Gasteiger partial charge in [0.15, 0.2) is 0 Å². The lowest BCUT2D eigenvalue weighted by Gasteiger charge is -2.06. The lowest BCUT2D eigenvalue weighted by molar-refractivity contribution is 0.475.